The lowest BCUT2D eigenvalue weighted by Crippen LogP contribution is -2.36. The van der Waals surface area contributed by atoms with Crippen LogP contribution in [0.1, 0.15) is 46.6 Å². The molecule has 1 N–H and O–H groups in total. The van der Waals surface area contributed by atoms with E-state index < -0.39 is 0 Å². The zero-order valence-electron chi connectivity index (χ0n) is 21.1. The molecule has 0 radical (unpaired) electrons. The summed E-state index contributed by atoms with van der Waals surface area (Å²) < 4.78 is 14.0. The molecule has 0 amide bonds. The Morgan fingerprint density at radius 1 is 0.853 bits per heavy atom. The SMILES string of the molecule is COc1ccccc1-c1nc2c(OCc3ccccc3)cccn2c1NC(C)(C)CC(C)(C)C. The van der Waals surface area contributed by atoms with Crippen LogP contribution in [0, 0.1) is 5.41 Å². The summed E-state index contributed by atoms with van der Waals surface area (Å²) in [4.78, 5) is 5.08. The van der Waals surface area contributed by atoms with Gasteiger partial charge in [0.15, 0.2) is 11.4 Å². The largest absolute Gasteiger partial charge is 0.496 e. The van der Waals surface area contributed by atoms with Gasteiger partial charge in [0, 0.05) is 17.3 Å². The standard InChI is InChI=1S/C29H35N3O2/c1-28(2,3)20-29(4,5)31-27-25(22-15-10-11-16-23(22)33-6)30-26-24(17-12-18-32(26)27)34-19-21-13-8-7-9-14-21/h7-18,31H,19-20H2,1-6H3. The first-order valence-corrected chi connectivity index (χ1v) is 11.8. The molecular weight excluding hydrogens is 422 g/mol. The smallest absolute Gasteiger partial charge is 0.181 e. The molecule has 0 saturated carbocycles. The molecule has 0 aliphatic heterocycles. The molecule has 0 spiro atoms. The minimum absolute atomic E-state index is 0.161. The summed E-state index contributed by atoms with van der Waals surface area (Å²) in [5.74, 6) is 2.46. The topological polar surface area (TPSA) is 47.8 Å². The van der Waals surface area contributed by atoms with E-state index >= 15 is 0 Å². The Balaban J connectivity index is 1.82. The van der Waals surface area contributed by atoms with Gasteiger partial charge in [-0.3, -0.25) is 4.40 Å². The van der Waals surface area contributed by atoms with Gasteiger partial charge in [-0.15, -0.1) is 0 Å². The van der Waals surface area contributed by atoms with E-state index in [1.807, 2.05) is 60.8 Å². The molecule has 34 heavy (non-hydrogen) atoms. The van der Waals surface area contributed by atoms with E-state index in [-0.39, 0.29) is 11.0 Å². The van der Waals surface area contributed by atoms with Crippen molar-refractivity contribution in [1.29, 1.82) is 0 Å². The molecule has 2 aromatic heterocycles. The fraction of sp³-hybridized carbons (Fsp3) is 0.345. The summed E-state index contributed by atoms with van der Waals surface area (Å²) >= 11 is 0. The predicted octanol–water partition coefficient (Wildman–Crippen LogP) is 7.22. The van der Waals surface area contributed by atoms with Gasteiger partial charge in [0.05, 0.1) is 7.11 Å². The highest BCUT2D eigenvalue weighted by molar-refractivity contribution is 5.82. The number of anilines is 1. The van der Waals surface area contributed by atoms with Crippen molar-refractivity contribution in [3.05, 3.63) is 78.5 Å². The van der Waals surface area contributed by atoms with Gasteiger partial charge in [-0.25, -0.2) is 4.98 Å². The number of methoxy groups -OCH3 is 1. The molecule has 0 fully saturated rings. The lowest BCUT2D eigenvalue weighted by Gasteiger charge is -2.34. The Labute approximate surface area is 202 Å². The van der Waals surface area contributed by atoms with E-state index in [1.54, 1.807) is 7.11 Å². The quantitative estimate of drug-likeness (QED) is 0.303. The first-order chi connectivity index (χ1) is 16.2. The molecule has 0 aliphatic rings. The van der Waals surface area contributed by atoms with E-state index in [0.717, 1.165) is 46.2 Å². The number of nitrogens with zero attached hydrogens (tertiary/aromatic N) is 2. The number of ether oxygens (including phenoxy) is 2. The highest BCUT2D eigenvalue weighted by Gasteiger charge is 2.29. The van der Waals surface area contributed by atoms with E-state index in [9.17, 15) is 0 Å². The van der Waals surface area contributed by atoms with Crippen LogP contribution in [0.2, 0.25) is 0 Å². The number of nitrogens with one attached hydrogen (secondary N) is 1. The number of rotatable bonds is 8. The number of benzene rings is 2. The maximum Gasteiger partial charge on any atom is 0.181 e. The molecular formula is C29H35N3O2. The van der Waals surface area contributed by atoms with E-state index in [4.69, 9.17) is 14.5 Å². The van der Waals surface area contributed by atoms with Gasteiger partial charge >= 0.3 is 0 Å². The molecule has 2 heterocycles. The molecule has 0 unspecified atom stereocenters. The fourth-order valence-corrected chi connectivity index (χ4v) is 4.73. The second-order valence-corrected chi connectivity index (χ2v) is 10.6. The highest BCUT2D eigenvalue weighted by atomic mass is 16.5. The third-order valence-corrected chi connectivity index (χ3v) is 5.64. The van der Waals surface area contributed by atoms with Crippen molar-refractivity contribution >= 4 is 11.5 Å². The Hall–Kier alpha value is -3.47. The van der Waals surface area contributed by atoms with E-state index in [1.165, 1.54) is 0 Å². The summed E-state index contributed by atoms with van der Waals surface area (Å²) in [5, 5.41) is 3.81. The summed E-state index contributed by atoms with van der Waals surface area (Å²) in [5.41, 5.74) is 3.68. The van der Waals surface area contributed by atoms with E-state index in [2.05, 4.69) is 56.5 Å². The van der Waals surface area contributed by atoms with E-state index in [0.29, 0.717) is 6.61 Å². The third-order valence-electron chi connectivity index (χ3n) is 5.64. The number of fused-ring (bicyclic) bond motifs is 1. The van der Waals surface area contributed by atoms with Crippen LogP contribution < -0.4 is 14.8 Å². The first-order valence-electron chi connectivity index (χ1n) is 11.8. The normalized spacial score (nSPS) is 12.1. The Bertz CT molecular complexity index is 1250. The molecule has 5 heteroatoms. The maximum atomic E-state index is 6.23. The van der Waals surface area contributed by atoms with Gasteiger partial charge in [0.1, 0.15) is 23.9 Å². The van der Waals surface area contributed by atoms with Gasteiger partial charge < -0.3 is 14.8 Å². The molecule has 4 aromatic rings. The van der Waals surface area contributed by atoms with Crippen molar-refractivity contribution in [3.63, 3.8) is 0 Å². The summed E-state index contributed by atoms with van der Waals surface area (Å²) in [7, 11) is 1.69. The van der Waals surface area contributed by atoms with Crippen molar-refractivity contribution in [1.82, 2.24) is 9.38 Å². The van der Waals surface area contributed by atoms with Crippen molar-refractivity contribution in [2.45, 2.75) is 53.2 Å². The summed E-state index contributed by atoms with van der Waals surface area (Å²) in [6, 6.07) is 22.2. The second-order valence-electron chi connectivity index (χ2n) is 10.6. The average Bonchev–Trinajstić information content (AvgIpc) is 3.14. The molecule has 4 rings (SSSR count). The minimum Gasteiger partial charge on any atom is -0.496 e. The van der Waals surface area contributed by atoms with Crippen LogP contribution in [-0.2, 0) is 6.61 Å². The molecule has 5 nitrogen and oxygen atoms in total. The van der Waals surface area contributed by atoms with Crippen LogP contribution in [-0.4, -0.2) is 22.0 Å². The van der Waals surface area contributed by atoms with Gasteiger partial charge in [-0.05, 0) is 55.5 Å². The molecule has 2 aromatic carbocycles. The first kappa shape index (κ1) is 23.7. The van der Waals surface area contributed by atoms with Crippen LogP contribution in [0.15, 0.2) is 72.9 Å². The lowest BCUT2D eigenvalue weighted by atomic mass is 9.82. The lowest BCUT2D eigenvalue weighted by molar-refractivity contribution is 0.301. The molecule has 0 saturated heterocycles. The summed E-state index contributed by atoms with van der Waals surface area (Å²) in [6.07, 6.45) is 3.02. The van der Waals surface area contributed by atoms with Crippen LogP contribution in [0.25, 0.3) is 16.9 Å². The van der Waals surface area contributed by atoms with Crippen LogP contribution in [0.3, 0.4) is 0 Å². The number of hydrogen-bond acceptors (Lipinski definition) is 4. The monoisotopic (exact) mass is 457 g/mol. The van der Waals surface area contributed by atoms with Crippen LogP contribution >= 0.6 is 0 Å². The van der Waals surface area contributed by atoms with Crippen molar-refractivity contribution in [2.75, 3.05) is 12.4 Å². The van der Waals surface area contributed by atoms with Crippen LogP contribution in [0.4, 0.5) is 5.82 Å². The zero-order valence-corrected chi connectivity index (χ0v) is 21.1. The molecule has 0 bridgehead atoms. The number of aromatic nitrogens is 2. The minimum atomic E-state index is -0.161. The fourth-order valence-electron chi connectivity index (χ4n) is 4.73. The van der Waals surface area contributed by atoms with Crippen LogP contribution in [0.5, 0.6) is 11.5 Å². The molecule has 178 valence electrons. The number of para-hydroxylation sites is 1. The van der Waals surface area contributed by atoms with Crippen molar-refractivity contribution in [3.8, 4) is 22.8 Å². The van der Waals surface area contributed by atoms with Crippen molar-refractivity contribution in [2.24, 2.45) is 5.41 Å². The Morgan fingerprint density at radius 3 is 2.24 bits per heavy atom. The molecule has 0 aliphatic carbocycles. The Kier molecular flexibility index (Phi) is 6.56. The van der Waals surface area contributed by atoms with Gasteiger partial charge in [-0.1, -0.05) is 63.2 Å². The summed E-state index contributed by atoms with van der Waals surface area (Å²) in [6.45, 7) is 11.7. The second kappa shape index (κ2) is 9.41. The van der Waals surface area contributed by atoms with Gasteiger partial charge in [0.2, 0.25) is 0 Å². The molecule has 0 atom stereocenters. The predicted molar refractivity (Wildman–Crippen MR) is 140 cm³/mol. The highest BCUT2D eigenvalue weighted by Crippen LogP contribution is 2.39. The number of hydrogen-bond donors (Lipinski definition) is 1. The average molecular weight is 458 g/mol. The van der Waals surface area contributed by atoms with Gasteiger partial charge in [-0.2, -0.15) is 0 Å². The maximum absolute atomic E-state index is 6.23. The Morgan fingerprint density at radius 2 is 1.53 bits per heavy atom. The number of pyridine rings is 1. The third kappa shape index (κ3) is 5.36. The zero-order chi connectivity index (χ0) is 24.3. The van der Waals surface area contributed by atoms with Crippen molar-refractivity contribution < 1.29 is 9.47 Å². The number of imidazole rings is 1. The van der Waals surface area contributed by atoms with Gasteiger partial charge in [0.25, 0.3) is 0 Å².